The summed E-state index contributed by atoms with van der Waals surface area (Å²) in [5.41, 5.74) is 0.265. The van der Waals surface area contributed by atoms with Crippen LogP contribution in [0.4, 0.5) is 0 Å². The second kappa shape index (κ2) is 5.42. The molecule has 0 fully saturated rings. The Morgan fingerprint density at radius 2 is 1.89 bits per heavy atom. The molecule has 106 valence electrons. The van der Waals surface area contributed by atoms with E-state index in [0.29, 0.717) is 17.0 Å². The molecule has 6 heteroatoms. The zero-order valence-electron chi connectivity index (χ0n) is 12.2. The molecule has 6 nitrogen and oxygen atoms in total. The first-order valence-corrected chi connectivity index (χ1v) is 6.08. The number of carbonyl (C=O) groups excluding carboxylic acids is 2. The van der Waals surface area contributed by atoms with Crippen molar-refractivity contribution in [1.29, 1.82) is 0 Å². The molecule has 1 N–H and O–H groups in total. The molecule has 0 aliphatic heterocycles. The van der Waals surface area contributed by atoms with Crippen molar-refractivity contribution in [1.82, 2.24) is 10.5 Å². The van der Waals surface area contributed by atoms with Crippen LogP contribution < -0.4 is 5.32 Å². The fourth-order valence-electron chi connectivity index (χ4n) is 1.53. The first-order valence-electron chi connectivity index (χ1n) is 6.08. The third kappa shape index (κ3) is 4.08. The number of amides is 1. The Morgan fingerprint density at radius 3 is 2.32 bits per heavy atom. The molecule has 0 saturated heterocycles. The van der Waals surface area contributed by atoms with Gasteiger partial charge in [0.25, 0.3) is 5.91 Å². The number of rotatable bonds is 3. The molecule has 0 aliphatic carbocycles. The van der Waals surface area contributed by atoms with Crippen LogP contribution in [-0.4, -0.2) is 28.7 Å². The molecule has 1 amide bonds. The standard InChI is InChI=1S/C13H20N2O4/c1-7-10(9(3)19-15-7)11(16)14-8(2)12(17)18-13(4,5)6/h8H,1-6H3,(H,14,16)/t8-/m0/s1. The molecule has 0 radical (unpaired) electrons. The zero-order valence-corrected chi connectivity index (χ0v) is 12.2. The maximum absolute atomic E-state index is 12.0. The van der Waals surface area contributed by atoms with Crippen LogP contribution in [0.1, 0.15) is 49.5 Å². The largest absolute Gasteiger partial charge is 0.458 e. The van der Waals surface area contributed by atoms with Crippen molar-refractivity contribution in [3.63, 3.8) is 0 Å². The lowest BCUT2D eigenvalue weighted by Crippen LogP contribution is -2.42. The minimum Gasteiger partial charge on any atom is -0.458 e. The van der Waals surface area contributed by atoms with Gasteiger partial charge < -0.3 is 14.6 Å². The number of nitrogens with zero attached hydrogens (tertiary/aromatic N) is 1. The van der Waals surface area contributed by atoms with Crippen LogP contribution in [0.15, 0.2) is 4.52 Å². The minimum absolute atomic E-state index is 0.357. The highest BCUT2D eigenvalue weighted by Gasteiger charge is 2.25. The Bertz CT molecular complexity index is 466. The van der Waals surface area contributed by atoms with Crippen LogP contribution in [-0.2, 0) is 9.53 Å². The second-order valence-electron chi connectivity index (χ2n) is 5.43. The molecule has 0 aromatic carbocycles. The number of esters is 1. The fourth-order valence-corrected chi connectivity index (χ4v) is 1.53. The molecule has 0 bridgehead atoms. The van der Waals surface area contributed by atoms with E-state index < -0.39 is 23.5 Å². The molecular formula is C13H20N2O4. The summed E-state index contributed by atoms with van der Waals surface area (Å²) in [4.78, 5) is 23.8. The topological polar surface area (TPSA) is 81.4 Å². The summed E-state index contributed by atoms with van der Waals surface area (Å²) in [5, 5.41) is 6.27. The van der Waals surface area contributed by atoms with Crippen LogP contribution in [0.5, 0.6) is 0 Å². The van der Waals surface area contributed by atoms with Crippen molar-refractivity contribution in [2.45, 2.75) is 53.2 Å². The van der Waals surface area contributed by atoms with Gasteiger partial charge in [-0.1, -0.05) is 5.16 Å². The van der Waals surface area contributed by atoms with Crippen LogP contribution in [0.25, 0.3) is 0 Å². The summed E-state index contributed by atoms with van der Waals surface area (Å²) < 4.78 is 10.1. The Morgan fingerprint density at radius 1 is 1.32 bits per heavy atom. The van der Waals surface area contributed by atoms with Gasteiger partial charge in [-0.2, -0.15) is 0 Å². The first kappa shape index (κ1) is 15.2. The van der Waals surface area contributed by atoms with Crippen molar-refractivity contribution in [3.05, 3.63) is 17.0 Å². The summed E-state index contributed by atoms with van der Waals surface area (Å²) in [6.07, 6.45) is 0. The Labute approximate surface area is 112 Å². The maximum atomic E-state index is 12.0. The van der Waals surface area contributed by atoms with E-state index in [1.807, 2.05) is 0 Å². The molecule has 1 atom stereocenters. The summed E-state index contributed by atoms with van der Waals surface area (Å²) in [5.74, 6) is -0.450. The molecule has 1 rings (SSSR count). The van der Waals surface area contributed by atoms with Crippen molar-refractivity contribution in [3.8, 4) is 0 Å². The minimum atomic E-state index is -0.736. The maximum Gasteiger partial charge on any atom is 0.328 e. The van der Waals surface area contributed by atoms with Gasteiger partial charge in [0.05, 0.1) is 5.69 Å². The number of aryl methyl sites for hydroxylation is 2. The molecule has 1 aromatic heterocycles. The molecule has 0 unspecified atom stereocenters. The zero-order chi connectivity index (χ0) is 14.8. The van der Waals surface area contributed by atoms with Crippen LogP contribution in [0.2, 0.25) is 0 Å². The molecule has 0 spiro atoms. The SMILES string of the molecule is Cc1noc(C)c1C(=O)N[C@@H](C)C(=O)OC(C)(C)C. The lowest BCUT2D eigenvalue weighted by molar-refractivity contribution is -0.156. The van der Waals surface area contributed by atoms with Crippen LogP contribution >= 0.6 is 0 Å². The van der Waals surface area contributed by atoms with E-state index >= 15 is 0 Å². The summed E-state index contributed by atoms with van der Waals surface area (Å²) in [7, 11) is 0. The van der Waals surface area contributed by atoms with Gasteiger partial charge in [0.15, 0.2) is 0 Å². The summed E-state index contributed by atoms with van der Waals surface area (Å²) in [6.45, 7) is 10.2. The highest BCUT2D eigenvalue weighted by molar-refractivity contribution is 5.98. The first-order chi connectivity index (χ1) is 8.61. The van der Waals surface area contributed by atoms with Gasteiger partial charge in [0.1, 0.15) is 23.0 Å². The van der Waals surface area contributed by atoms with Gasteiger partial charge in [-0.05, 0) is 41.5 Å². The Hall–Kier alpha value is -1.85. The van der Waals surface area contributed by atoms with E-state index in [1.165, 1.54) is 0 Å². The third-order valence-corrected chi connectivity index (χ3v) is 2.37. The van der Waals surface area contributed by atoms with Gasteiger partial charge in [-0.3, -0.25) is 4.79 Å². The van der Waals surface area contributed by atoms with E-state index in [0.717, 1.165) is 0 Å². The number of aromatic nitrogens is 1. The van der Waals surface area contributed by atoms with Crippen molar-refractivity contribution in [2.75, 3.05) is 0 Å². The van der Waals surface area contributed by atoms with E-state index in [4.69, 9.17) is 9.26 Å². The van der Waals surface area contributed by atoms with Gasteiger partial charge in [-0.25, -0.2) is 4.79 Å². The third-order valence-electron chi connectivity index (χ3n) is 2.37. The molecule has 0 saturated carbocycles. The fraction of sp³-hybridized carbons (Fsp3) is 0.615. The Kier molecular flexibility index (Phi) is 4.34. The number of hydrogen-bond donors (Lipinski definition) is 1. The molecule has 0 aliphatic rings. The summed E-state index contributed by atoms with van der Waals surface area (Å²) >= 11 is 0. The van der Waals surface area contributed by atoms with Crippen LogP contribution in [0, 0.1) is 13.8 Å². The number of nitrogens with one attached hydrogen (secondary N) is 1. The molecule has 1 aromatic rings. The van der Waals surface area contributed by atoms with Crippen LogP contribution in [0.3, 0.4) is 0 Å². The lowest BCUT2D eigenvalue weighted by Gasteiger charge is -2.22. The number of ether oxygens (including phenoxy) is 1. The van der Waals surface area contributed by atoms with E-state index in [-0.39, 0.29) is 0 Å². The Balaban J connectivity index is 2.70. The van der Waals surface area contributed by atoms with E-state index in [9.17, 15) is 9.59 Å². The predicted molar refractivity (Wildman–Crippen MR) is 68.8 cm³/mol. The van der Waals surface area contributed by atoms with Gasteiger partial charge in [0, 0.05) is 0 Å². The monoisotopic (exact) mass is 268 g/mol. The predicted octanol–water partition coefficient (Wildman–Crippen LogP) is 1.75. The second-order valence-corrected chi connectivity index (χ2v) is 5.43. The van der Waals surface area contributed by atoms with E-state index in [2.05, 4.69) is 10.5 Å². The average Bonchev–Trinajstić information content (AvgIpc) is 2.55. The van der Waals surface area contributed by atoms with Crippen molar-refractivity contribution in [2.24, 2.45) is 0 Å². The molecule has 19 heavy (non-hydrogen) atoms. The van der Waals surface area contributed by atoms with Gasteiger partial charge in [0.2, 0.25) is 0 Å². The quantitative estimate of drug-likeness (QED) is 0.845. The van der Waals surface area contributed by atoms with Gasteiger partial charge >= 0.3 is 5.97 Å². The van der Waals surface area contributed by atoms with Gasteiger partial charge in [-0.15, -0.1) is 0 Å². The smallest absolute Gasteiger partial charge is 0.328 e. The van der Waals surface area contributed by atoms with E-state index in [1.54, 1.807) is 41.5 Å². The number of carbonyl (C=O) groups is 2. The molecule has 1 heterocycles. The summed E-state index contributed by atoms with van der Waals surface area (Å²) in [6, 6.07) is -0.736. The highest BCUT2D eigenvalue weighted by Crippen LogP contribution is 2.13. The van der Waals surface area contributed by atoms with Crippen molar-refractivity contribution < 1.29 is 18.8 Å². The average molecular weight is 268 g/mol. The normalized spacial score (nSPS) is 12.9. The lowest BCUT2D eigenvalue weighted by atomic mass is 10.1. The highest BCUT2D eigenvalue weighted by atomic mass is 16.6. The molecular weight excluding hydrogens is 248 g/mol. The number of hydrogen-bond acceptors (Lipinski definition) is 5. The van der Waals surface area contributed by atoms with Crippen molar-refractivity contribution >= 4 is 11.9 Å².